The van der Waals surface area contributed by atoms with Crippen LogP contribution >= 0.6 is 11.3 Å². The number of hydrogen-bond donors (Lipinski definition) is 1. The SMILES string of the molecule is Cc1nc(CC(F)(F)F)sc1CC(=O)O. The van der Waals surface area contributed by atoms with Crippen molar-refractivity contribution in [3.63, 3.8) is 0 Å². The highest BCUT2D eigenvalue weighted by molar-refractivity contribution is 7.11. The number of thiazole rings is 1. The molecule has 0 bridgehead atoms. The molecule has 0 spiro atoms. The predicted molar refractivity (Wildman–Crippen MR) is 47.9 cm³/mol. The Kier molecular flexibility index (Phi) is 3.33. The molecule has 1 aromatic heterocycles. The van der Waals surface area contributed by atoms with Crippen molar-refractivity contribution < 1.29 is 23.1 Å². The zero-order chi connectivity index (χ0) is 11.6. The Morgan fingerprint density at radius 3 is 2.60 bits per heavy atom. The molecule has 0 saturated heterocycles. The van der Waals surface area contributed by atoms with Crippen molar-refractivity contribution >= 4 is 17.3 Å². The third kappa shape index (κ3) is 3.86. The lowest BCUT2D eigenvalue weighted by molar-refractivity contribution is -0.136. The number of aromatic nitrogens is 1. The van der Waals surface area contributed by atoms with Crippen molar-refractivity contribution in [2.75, 3.05) is 0 Å². The second-order valence-corrected chi connectivity index (χ2v) is 4.15. The van der Waals surface area contributed by atoms with Gasteiger partial charge in [0, 0.05) is 4.88 Å². The summed E-state index contributed by atoms with van der Waals surface area (Å²) in [6, 6.07) is 0. The van der Waals surface area contributed by atoms with Crippen molar-refractivity contribution in [2.45, 2.75) is 25.9 Å². The molecule has 0 saturated carbocycles. The molecule has 3 nitrogen and oxygen atoms in total. The van der Waals surface area contributed by atoms with E-state index in [0.717, 1.165) is 11.3 Å². The van der Waals surface area contributed by atoms with Gasteiger partial charge < -0.3 is 5.11 Å². The molecule has 0 radical (unpaired) electrons. The number of aryl methyl sites for hydroxylation is 1. The van der Waals surface area contributed by atoms with Gasteiger partial charge in [-0.25, -0.2) is 4.98 Å². The van der Waals surface area contributed by atoms with Crippen LogP contribution in [0.4, 0.5) is 13.2 Å². The Morgan fingerprint density at radius 1 is 1.53 bits per heavy atom. The Hall–Kier alpha value is -1.11. The minimum Gasteiger partial charge on any atom is -0.481 e. The highest BCUT2D eigenvalue weighted by atomic mass is 32.1. The molecule has 1 rings (SSSR count). The van der Waals surface area contributed by atoms with Crippen LogP contribution in [-0.2, 0) is 17.6 Å². The summed E-state index contributed by atoms with van der Waals surface area (Å²) in [7, 11) is 0. The first-order chi connectivity index (χ1) is 6.78. The van der Waals surface area contributed by atoms with E-state index in [2.05, 4.69) is 4.98 Å². The van der Waals surface area contributed by atoms with Gasteiger partial charge in [0.25, 0.3) is 0 Å². The Morgan fingerprint density at radius 2 is 2.13 bits per heavy atom. The van der Waals surface area contributed by atoms with Gasteiger partial charge in [-0.05, 0) is 6.92 Å². The molecular weight excluding hydrogens is 231 g/mol. The Bertz CT molecular complexity index is 372. The molecule has 84 valence electrons. The summed E-state index contributed by atoms with van der Waals surface area (Å²) in [5.41, 5.74) is 0.363. The molecule has 0 aliphatic carbocycles. The summed E-state index contributed by atoms with van der Waals surface area (Å²) in [6.45, 7) is 1.51. The van der Waals surface area contributed by atoms with E-state index in [1.54, 1.807) is 0 Å². The molecule has 0 fully saturated rings. The van der Waals surface area contributed by atoms with Crippen LogP contribution in [0.25, 0.3) is 0 Å². The fraction of sp³-hybridized carbons (Fsp3) is 0.500. The van der Waals surface area contributed by atoms with Gasteiger partial charge in [-0.1, -0.05) is 0 Å². The Labute approximate surface area is 87.6 Å². The number of halogens is 3. The lowest BCUT2D eigenvalue weighted by Gasteiger charge is -2.01. The average Bonchev–Trinajstić information content (AvgIpc) is 2.26. The number of hydrogen-bond acceptors (Lipinski definition) is 3. The van der Waals surface area contributed by atoms with Gasteiger partial charge in [0.05, 0.1) is 18.5 Å². The van der Waals surface area contributed by atoms with Crippen molar-refractivity contribution in [3.8, 4) is 0 Å². The standard InChI is InChI=1S/C8H8F3NO2S/c1-4-5(2-7(13)14)15-6(12-4)3-8(9,10)11/h2-3H2,1H3,(H,13,14). The van der Waals surface area contributed by atoms with Crippen LogP contribution < -0.4 is 0 Å². The van der Waals surface area contributed by atoms with Gasteiger partial charge in [-0.3, -0.25) is 4.79 Å². The van der Waals surface area contributed by atoms with E-state index in [4.69, 9.17) is 5.11 Å². The maximum atomic E-state index is 12.0. The summed E-state index contributed by atoms with van der Waals surface area (Å²) >= 11 is 0.803. The number of carboxylic acids is 1. The smallest absolute Gasteiger partial charge is 0.395 e. The lowest BCUT2D eigenvalue weighted by atomic mass is 10.3. The summed E-state index contributed by atoms with van der Waals surface area (Å²) in [5.74, 6) is -1.07. The summed E-state index contributed by atoms with van der Waals surface area (Å²) in [4.78, 5) is 14.4. The molecule has 0 aliphatic rings. The minimum atomic E-state index is -4.30. The third-order valence-electron chi connectivity index (χ3n) is 1.60. The molecule has 0 aromatic carbocycles. The minimum absolute atomic E-state index is 0.0868. The quantitative estimate of drug-likeness (QED) is 0.879. The second kappa shape index (κ2) is 4.18. The zero-order valence-electron chi connectivity index (χ0n) is 7.76. The van der Waals surface area contributed by atoms with Gasteiger partial charge in [0.1, 0.15) is 5.01 Å². The van der Waals surface area contributed by atoms with E-state index in [0.29, 0.717) is 10.6 Å². The zero-order valence-corrected chi connectivity index (χ0v) is 8.58. The molecule has 7 heteroatoms. The number of rotatable bonds is 3. The van der Waals surface area contributed by atoms with E-state index in [1.807, 2.05) is 0 Å². The Balaban J connectivity index is 2.81. The molecule has 0 unspecified atom stereocenters. The highest BCUT2D eigenvalue weighted by Crippen LogP contribution is 2.26. The molecule has 15 heavy (non-hydrogen) atoms. The molecule has 0 aliphatic heterocycles. The van der Waals surface area contributed by atoms with Crippen molar-refractivity contribution in [1.29, 1.82) is 0 Å². The van der Waals surface area contributed by atoms with Crippen LogP contribution in [0.2, 0.25) is 0 Å². The summed E-state index contributed by atoms with van der Waals surface area (Å²) in [5, 5.41) is 8.40. The number of alkyl halides is 3. The molecule has 1 aromatic rings. The largest absolute Gasteiger partial charge is 0.481 e. The van der Waals surface area contributed by atoms with E-state index in [9.17, 15) is 18.0 Å². The van der Waals surface area contributed by atoms with Crippen LogP contribution in [0.15, 0.2) is 0 Å². The van der Waals surface area contributed by atoms with E-state index < -0.39 is 18.6 Å². The number of carboxylic acid groups (broad SMARTS) is 1. The van der Waals surface area contributed by atoms with E-state index >= 15 is 0 Å². The number of aliphatic carboxylic acids is 1. The van der Waals surface area contributed by atoms with Crippen LogP contribution in [0.3, 0.4) is 0 Å². The lowest BCUT2D eigenvalue weighted by Crippen LogP contribution is -2.11. The number of carbonyl (C=O) groups is 1. The van der Waals surface area contributed by atoms with Crippen molar-refractivity contribution in [3.05, 3.63) is 15.6 Å². The molecular formula is C8H8F3NO2S. The van der Waals surface area contributed by atoms with Gasteiger partial charge in [-0.2, -0.15) is 13.2 Å². The van der Waals surface area contributed by atoms with Crippen LogP contribution in [-0.4, -0.2) is 22.2 Å². The van der Waals surface area contributed by atoms with E-state index in [1.165, 1.54) is 6.92 Å². The van der Waals surface area contributed by atoms with Gasteiger partial charge in [0.15, 0.2) is 0 Å². The number of nitrogens with zero attached hydrogens (tertiary/aromatic N) is 1. The monoisotopic (exact) mass is 239 g/mol. The topological polar surface area (TPSA) is 50.2 Å². The molecule has 0 atom stereocenters. The normalized spacial score (nSPS) is 11.7. The fourth-order valence-corrected chi connectivity index (χ4v) is 2.13. The first-order valence-corrected chi connectivity index (χ1v) is 4.83. The molecule has 1 N–H and O–H groups in total. The van der Waals surface area contributed by atoms with Crippen LogP contribution in [0.5, 0.6) is 0 Å². The second-order valence-electron chi connectivity index (χ2n) is 2.98. The summed E-state index contributed by atoms with van der Waals surface area (Å²) < 4.78 is 36.0. The summed E-state index contributed by atoms with van der Waals surface area (Å²) in [6.07, 6.45) is -5.68. The fourth-order valence-electron chi connectivity index (χ4n) is 1.04. The van der Waals surface area contributed by atoms with Gasteiger partial charge in [0.2, 0.25) is 0 Å². The molecule has 0 amide bonds. The molecule has 1 heterocycles. The van der Waals surface area contributed by atoms with Crippen molar-refractivity contribution in [1.82, 2.24) is 4.98 Å². The van der Waals surface area contributed by atoms with E-state index in [-0.39, 0.29) is 11.4 Å². The predicted octanol–water partition coefficient (Wildman–Crippen LogP) is 2.18. The average molecular weight is 239 g/mol. The first-order valence-electron chi connectivity index (χ1n) is 4.01. The maximum Gasteiger partial charge on any atom is 0.395 e. The van der Waals surface area contributed by atoms with Gasteiger partial charge >= 0.3 is 12.1 Å². The van der Waals surface area contributed by atoms with Crippen LogP contribution in [0, 0.1) is 6.92 Å². The van der Waals surface area contributed by atoms with Crippen LogP contribution in [0.1, 0.15) is 15.6 Å². The van der Waals surface area contributed by atoms with Crippen molar-refractivity contribution in [2.24, 2.45) is 0 Å². The first kappa shape index (κ1) is 12.0. The maximum absolute atomic E-state index is 12.0. The third-order valence-corrected chi connectivity index (χ3v) is 2.76. The van der Waals surface area contributed by atoms with Gasteiger partial charge in [-0.15, -0.1) is 11.3 Å². The highest BCUT2D eigenvalue weighted by Gasteiger charge is 2.30.